The van der Waals surface area contributed by atoms with Crippen LogP contribution in [0.1, 0.15) is 0 Å². The molecule has 0 bridgehead atoms. The number of nitrogens with zero attached hydrogens (tertiary/aromatic N) is 1. The number of rotatable bonds is 3. The van der Waals surface area contributed by atoms with Gasteiger partial charge in [-0.25, -0.2) is 0 Å². The van der Waals surface area contributed by atoms with Crippen LogP contribution in [-0.4, -0.2) is 38.0 Å². The van der Waals surface area contributed by atoms with Crippen molar-refractivity contribution in [1.82, 2.24) is 4.90 Å². The number of nitrogens with two attached hydrogens (primary N) is 2. The maximum absolute atomic E-state index is 5.14. The summed E-state index contributed by atoms with van der Waals surface area (Å²) in [6.07, 6.45) is 0. The minimum Gasteiger partial charge on any atom is -1.00 e. The molecular weight excluding hydrogens is 187 g/mol. The maximum Gasteiger partial charge on any atom is 0.338 e. The second-order valence-electron chi connectivity index (χ2n) is 2.19. The van der Waals surface area contributed by atoms with Gasteiger partial charge < -0.3 is 17.3 Å². The van der Waals surface area contributed by atoms with Gasteiger partial charge in [-0.05, 0) is 14.1 Å². The third kappa shape index (κ3) is 17.7. The lowest BCUT2D eigenvalue weighted by Gasteiger charge is -2.04. The van der Waals surface area contributed by atoms with E-state index in [1.165, 1.54) is 0 Å². The second-order valence-corrected chi connectivity index (χ2v) is 2.19. The molecule has 5 N–H and O–H groups in total. The highest BCUT2D eigenvalue weighted by Gasteiger charge is 1.88. The lowest BCUT2D eigenvalue weighted by molar-refractivity contribution is -0.459. The van der Waals surface area contributed by atoms with E-state index >= 15 is 0 Å². The molecule has 0 aliphatic heterocycles. The monoisotopic (exact) mass is 202 g/mol. The summed E-state index contributed by atoms with van der Waals surface area (Å²) in [7, 11) is 3.99. The zero-order valence-corrected chi connectivity index (χ0v) is 8.37. The summed E-state index contributed by atoms with van der Waals surface area (Å²) in [6, 6.07) is 0. The van der Waals surface area contributed by atoms with E-state index in [1.54, 1.807) is 0 Å². The molecule has 70 valence electrons. The summed E-state index contributed by atoms with van der Waals surface area (Å²) in [6.45, 7) is 1.74. The van der Waals surface area contributed by atoms with E-state index in [0.717, 1.165) is 13.1 Å². The third-order valence-electron chi connectivity index (χ3n) is 0.888. The van der Waals surface area contributed by atoms with Gasteiger partial charge in [0, 0.05) is 6.54 Å². The lowest BCUT2D eigenvalue weighted by Crippen LogP contribution is -3.00. The van der Waals surface area contributed by atoms with Crippen LogP contribution in [0.15, 0.2) is 0 Å². The molecule has 0 aromatic carbocycles. The maximum atomic E-state index is 5.14. The summed E-state index contributed by atoms with van der Waals surface area (Å²) in [5.74, 6) is 0.289. The van der Waals surface area contributed by atoms with Gasteiger partial charge in [-0.3, -0.25) is 16.5 Å². The van der Waals surface area contributed by atoms with E-state index in [1.807, 2.05) is 14.1 Å². The predicted octanol–water partition coefficient (Wildman–Crippen LogP) is -5.67. The van der Waals surface area contributed by atoms with Crippen LogP contribution in [0.5, 0.6) is 0 Å². The van der Waals surface area contributed by atoms with Crippen LogP contribution in [0.25, 0.3) is 0 Å². The molecule has 0 aliphatic carbocycles. The summed E-state index contributed by atoms with van der Waals surface area (Å²) in [5.41, 5.74) is 10.3. The van der Waals surface area contributed by atoms with Gasteiger partial charge in [-0.2, -0.15) is 0 Å². The molecule has 0 heterocycles. The van der Waals surface area contributed by atoms with E-state index in [2.05, 4.69) is 9.89 Å². The van der Waals surface area contributed by atoms with Crippen molar-refractivity contribution in [3.8, 4) is 0 Å². The van der Waals surface area contributed by atoms with Crippen LogP contribution in [0.2, 0.25) is 0 Å². The van der Waals surface area contributed by atoms with Gasteiger partial charge in [0.05, 0.1) is 6.54 Å². The van der Waals surface area contributed by atoms with Crippen molar-refractivity contribution >= 4 is 18.4 Å². The molecule has 0 saturated heterocycles. The van der Waals surface area contributed by atoms with Crippen LogP contribution < -0.4 is 28.9 Å². The number of hydrogen-bond acceptors (Lipinski definition) is 1. The highest BCUT2D eigenvalue weighted by Crippen LogP contribution is 1.63. The first-order valence-electron chi connectivity index (χ1n) is 2.89. The average molecular weight is 203 g/mol. The van der Waals surface area contributed by atoms with Gasteiger partial charge in [-0.15, -0.1) is 12.4 Å². The first-order valence-corrected chi connectivity index (χ1v) is 2.89. The van der Waals surface area contributed by atoms with Crippen molar-refractivity contribution in [3.05, 3.63) is 0 Å². The Bertz CT molecular complexity index is 101. The molecule has 6 heteroatoms. The molecule has 0 fully saturated rings. The molecule has 4 nitrogen and oxygen atoms in total. The molecule has 0 aliphatic rings. The van der Waals surface area contributed by atoms with Crippen molar-refractivity contribution in [2.24, 2.45) is 11.5 Å². The first kappa shape index (κ1) is 17.1. The molecule has 0 spiro atoms. The Kier molecular flexibility index (Phi) is 15.2. The average Bonchev–Trinajstić information content (AvgIpc) is 1.63. The smallest absolute Gasteiger partial charge is 0.338 e. The number of hydrogen-bond donors (Lipinski definition) is 3. The Balaban J connectivity index is -0.000000320. The molecule has 0 amide bonds. The van der Waals surface area contributed by atoms with Crippen molar-refractivity contribution in [1.29, 1.82) is 0 Å². The molecule has 0 aromatic rings. The number of likely N-dealkylation sites (N-methyl/N-ethyl adjacent to an activating group) is 1. The Hall–Kier alpha value is -0.190. The van der Waals surface area contributed by atoms with E-state index < -0.39 is 0 Å². The molecule has 0 aromatic heterocycles. The van der Waals surface area contributed by atoms with Crippen LogP contribution in [-0.2, 0) is 0 Å². The number of nitrogens with one attached hydrogen (secondary N) is 1. The van der Waals surface area contributed by atoms with E-state index in [-0.39, 0.29) is 30.8 Å². The standard InChI is InChI=1S/C5H14N4.2ClH/c1-9(2)4-3-8-5(6)7;;/h3-4H2,1-2H3,(H4,6,7,8);2*1H. The molecule has 0 saturated carbocycles. The van der Waals surface area contributed by atoms with Gasteiger partial charge in [0.15, 0.2) is 0 Å². The second kappa shape index (κ2) is 9.81. The van der Waals surface area contributed by atoms with Gasteiger partial charge in [0.2, 0.25) is 0 Å². The molecule has 11 heavy (non-hydrogen) atoms. The van der Waals surface area contributed by atoms with Crippen LogP contribution in [0, 0.1) is 0 Å². The van der Waals surface area contributed by atoms with Gasteiger partial charge >= 0.3 is 5.96 Å². The Morgan fingerprint density at radius 2 is 1.82 bits per heavy atom. The zero-order chi connectivity index (χ0) is 7.28. The normalized spacial score (nSPS) is 7.91. The first-order chi connectivity index (χ1) is 4.13. The van der Waals surface area contributed by atoms with Crippen molar-refractivity contribution in [3.63, 3.8) is 0 Å². The fourth-order valence-corrected chi connectivity index (χ4v) is 0.424. The quantitative estimate of drug-likeness (QED) is 0.316. The number of halogens is 2. The lowest BCUT2D eigenvalue weighted by atomic mass is 10.6. The zero-order valence-electron chi connectivity index (χ0n) is 6.80. The van der Waals surface area contributed by atoms with Crippen molar-refractivity contribution in [2.45, 2.75) is 0 Å². The fourth-order valence-electron chi connectivity index (χ4n) is 0.424. The van der Waals surface area contributed by atoms with E-state index in [9.17, 15) is 0 Å². The largest absolute Gasteiger partial charge is 1.00 e. The topological polar surface area (TPSA) is 69.2 Å². The van der Waals surface area contributed by atoms with Gasteiger partial charge in [0.25, 0.3) is 0 Å². The highest BCUT2D eigenvalue weighted by molar-refractivity contribution is 5.85. The van der Waals surface area contributed by atoms with Gasteiger partial charge in [-0.1, -0.05) is 0 Å². The van der Waals surface area contributed by atoms with Crippen molar-refractivity contribution < 1.29 is 17.4 Å². The molecule has 0 unspecified atom stereocenters. The van der Waals surface area contributed by atoms with Crippen LogP contribution >= 0.6 is 12.4 Å². The fraction of sp³-hybridized carbons (Fsp3) is 0.800. The summed E-state index contributed by atoms with van der Waals surface area (Å²) in [4.78, 5) is 4.86. The Labute approximate surface area is 79.8 Å². The molecule has 0 radical (unpaired) electrons. The summed E-state index contributed by atoms with van der Waals surface area (Å²) < 4.78 is 0. The van der Waals surface area contributed by atoms with Gasteiger partial charge in [0.1, 0.15) is 0 Å². The molecule has 0 atom stereocenters. The highest BCUT2D eigenvalue weighted by atomic mass is 35.5. The Morgan fingerprint density at radius 1 is 1.36 bits per heavy atom. The summed E-state index contributed by atoms with van der Waals surface area (Å²) >= 11 is 0. The van der Waals surface area contributed by atoms with Crippen LogP contribution in [0.4, 0.5) is 0 Å². The van der Waals surface area contributed by atoms with E-state index in [4.69, 9.17) is 11.5 Å². The molecular formula is C5H16Cl2N4. The SMILES string of the molecule is CN(C)CC[NH+]=C(N)N.Cl.[Cl-]. The van der Waals surface area contributed by atoms with Crippen LogP contribution in [0.3, 0.4) is 0 Å². The third-order valence-corrected chi connectivity index (χ3v) is 0.888. The minimum absolute atomic E-state index is 0. The summed E-state index contributed by atoms with van der Waals surface area (Å²) in [5, 5.41) is 0. The number of guanidine groups is 1. The van der Waals surface area contributed by atoms with E-state index in [0.29, 0.717) is 0 Å². The Morgan fingerprint density at radius 3 is 2.09 bits per heavy atom. The minimum atomic E-state index is 0. The molecule has 0 rings (SSSR count). The van der Waals surface area contributed by atoms with Crippen molar-refractivity contribution in [2.75, 3.05) is 27.2 Å². The predicted molar refractivity (Wildman–Crippen MR) is 45.0 cm³/mol.